The SMILES string of the molecule is O=S1(=O)CCC(NCC2CCC(O)CC2)C1. The van der Waals surface area contributed by atoms with Gasteiger partial charge in [-0.1, -0.05) is 0 Å². The zero-order chi connectivity index (χ0) is 11.6. The van der Waals surface area contributed by atoms with Crippen LogP contribution in [0.4, 0.5) is 0 Å². The van der Waals surface area contributed by atoms with Crippen LogP contribution >= 0.6 is 0 Å². The molecule has 1 unspecified atom stereocenters. The van der Waals surface area contributed by atoms with Crippen LogP contribution in [-0.2, 0) is 9.84 Å². The zero-order valence-corrected chi connectivity index (χ0v) is 10.4. The summed E-state index contributed by atoms with van der Waals surface area (Å²) in [6, 6.07) is 0.164. The Labute approximate surface area is 97.3 Å². The fourth-order valence-corrected chi connectivity index (χ4v) is 4.35. The van der Waals surface area contributed by atoms with Crippen LogP contribution in [0.5, 0.6) is 0 Å². The largest absolute Gasteiger partial charge is 0.393 e. The van der Waals surface area contributed by atoms with Crippen LogP contribution < -0.4 is 5.32 Å². The Morgan fingerprint density at radius 2 is 1.81 bits per heavy atom. The molecule has 2 N–H and O–H groups in total. The van der Waals surface area contributed by atoms with Crippen LogP contribution in [0.25, 0.3) is 0 Å². The first-order valence-corrected chi connectivity index (χ1v) is 7.99. The van der Waals surface area contributed by atoms with Crippen molar-refractivity contribution in [2.75, 3.05) is 18.1 Å². The van der Waals surface area contributed by atoms with Gasteiger partial charge < -0.3 is 10.4 Å². The first-order chi connectivity index (χ1) is 7.55. The molecule has 1 heterocycles. The van der Waals surface area contributed by atoms with Crippen molar-refractivity contribution in [2.45, 2.75) is 44.2 Å². The second-order valence-electron chi connectivity index (χ2n) is 5.18. The third-order valence-electron chi connectivity index (χ3n) is 3.74. The molecular weight excluding hydrogens is 226 g/mol. The quantitative estimate of drug-likeness (QED) is 0.753. The van der Waals surface area contributed by atoms with Gasteiger partial charge in [0.15, 0.2) is 9.84 Å². The highest BCUT2D eigenvalue weighted by Crippen LogP contribution is 2.24. The van der Waals surface area contributed by atoms with Gasteiger partial charge in [0, 0.05) is 6.04 Å². The van der Waals surface area contributed by atoms with E-state index in [-0.39, 0.29) is 12.1 Å². The normalized spacial score (nSPS) is 38.7. The van der Waals surface area contributed by atoms with Crippen LogP contribution in [0, 0.1) is 5.92 Å². The molecule has 1 saturated heterocycles. The lowest BCUT2D eigenvalue weighted by atomic mass is 9.87. The summed E-state index contributed by atoms with van der Waals surface area (Å²) in [7, 11) is -2.76. The van der Waals surface area contributed by atoms with E-state index in [1.165, 1.54) is 0 Å². The minimum atomic E-state index is -2.76. The molecule has 5 heteroatoms. The molecular formula is C11H21NO3S. The van der Waals surface area contributed by atoms with E-state index in [1.807, 2.05) is 0 Å². The lowest BCUT2D eigenvalue weighted by Crippen LogP contribution is -2.35. The Morgan fingerprint density at radius 3 is 2.38 bits per heavy atom. The average Bonchev–Trinajstić information content (AvgIpc) is 2.58. The highest BCUT2D eigenvalue weighted by molar-refractivity contribution is 7.91. The van der Waals surface area contributed by atoms with E-state index in [1.54, 1.807) is 0 Å². The van der Waals surface area contributed by atoms with Crippen molar-refractivity contribution < 1.29 is 13.5 Å². The molecule has 1 aliphatic carbocycles. The Hall–Kier alpha value is -0.130. The topological polar surface area (TPSA) is 66.4 Å². The van der Waals surface area contributed by atoms with Crippen molar-refractivity contribution >= 4 is 9.84 Å². The maximum absolute atomic E-state index is 11.3. The number of aliphatic hydroxyl groups is 1. The van der Waals surface area contributed by atoms with Gasteiger partial charge in [-0.05, 0) is 44.6 Å². The molecule has 1 aliphatic heterocycles. The van der Waals surface area contributed by atoms with Gasteiger partial charge in [-0.15, -0.1) is 0 Å². The van der Waals surface area contributed by atoms with Crippen LogP contribution in [0.1, 0.15) is 32.1 Å². The van der Waals surface area contributed by atoms with Crippen LogP contribution in [0.3, 0.4) is 0 Å². The summed E-state index contributed by atoms with van der Waals surface area (Å²) in [5, 5.41) is 12.7. The maximum atomic E-state index is 11.3. The summed E-state index contributed by atoms with van der Waals surface area (Å²) in [6.45, 7) is 0.910. The summed E-state index contributed by atoms with van der Waals surface area (Å²) in [4.78, 5) is 0. The molecule has 0 spiro atoms. The minimum absolute atomic E-state index is 0.108. The second-order valence-corrected chi connectivity index (χ2v) is 7.41. The van der Waals surface area contributed by atoms with Crippen LogP contribution in [0.2, 0.25) is 0 Å². The standard InChI is InChI=1S/C11H21NO3S/c13-11-3-1-9(2-4-11)7-12-10-5-6-16(14,15)8-10/h9-13H,1-8H2. The second kappa shape index (κ2) is 5.02. The summed E-state index contributed by atoms with van der Waals surface area (Å²) < 4.78 is 22.5. The number of hydrogen-bond donors (Lipinski definition) is 2. The summed E-state index contributed by atoms with van der Waals surface area (Å²) in [6.07, 6.45) is 4.58. The molecule has 0 aromatic rings. The number of hydrogen-bond acceptors (Lipinski definition) is 4. The monoisotopic (exact) mass is 247 g/mol. The molecule has 0 aromatic heterocycles. The smallest absolute Gasteiger partial charge is 0.151 e. The number of nitrogens with one attached hydrogen (secondary N) is 1. The van der Waals surface area contributed by atoms with Gasteiger partial charge in [0.05, 0.1) is 17.6 Å². The molecule has 1 saturated carbocycles. The Morgan fingerprint density at radius 1 is 1.12 bits per heavy atom. The third kappa shape index (κ3) is 3.43. The highest BCUT2D eigenvalue weighted by atomic mass is 32.2. The van der Waals surface area contributed by atoms with E-state index >= 15 is 0 Å². The van der Waals surface area contributed by atoms with Gasteiger partial charge in [0.1, 0.15) is 0 Å². The molecule has 16 heavy (non-hydrogen) atoms. The van der Waals surface area contributed by atoms with Crippen molar-refractivity contribution in [1.29, 1.82) is 0 Å². The van der Waals surface area contributed by atoms with Crippen LogP contribution in [-0.4, -0.2) is 43.7 Å². The number of sulfone groups is 1. The average molecular weight is 247 g/mol. The Kier molecular flexibility index (Phi) is 3.87. The Balaban J connectivity index is 1.68. The van der Waals surface area contributed by atoms with Gasteiger partial charge >= 0.3 is 0 Å². The van der Waals surface area contributed by atoms with Crippen molar-refractivity contribution in [3.63, 3.8) is 0 Å². The van der Waals surface area contributed by atoms with Crippen LogP contribution in [0.15, 0.2) is 0 Å². The molecule has 94 valence electrons. The molecule has 4 nitrogen and oxygen atoms in total. The Bertz CT molecular complexity index is 320. The van der Waals surface area contributed by atoms with E-state index in [2.05, 4.69) is 5.32 Å². The molecule has 0 aromatic carbocycles. The molecule has 0 bridgehead atoms. The predicted molar refractivity (Wildman–Crippen MR) is 63.0 cm³/mol. The highest BCUT2D eigenvalue weighted by Gasteiger charge is 2.28. The lowest BCUT2D eigenvalue weighted by Gasteiger charge is -2.26. The molecule has 1 atom stereocenters. The molecule has 2 rings (SSSR count). The van der Waals surface area contributed by atoms with E-state index in [4.69, 9.17) is 0 Å². The third-order valence-corrected chi connectivity index (χ3v) is 5.51. The minimum Gasteiger partial charge on any atom is -0.393 e. The summed E-state index contributed by atoms with van der Waals surface area (Å²) in [5.74, 6) is 1.27. The first kappa shape index (κ1) is 12.3. The van der Waals surface area contributed by atoms with Crippen molar-refractivity contribution in [3.05, 3.63) is 0 Å². The fraction of sp³-hybridized carbons (Fsp3) is 1.00. The summed E-state index contributed by atoms with van der Waals surface area (Å²) in [5.41, 5.74) is 0. The van der Waals surface area contributed by atoms with E-state index in [0.29, 0.717) is 17.4 Å². The van der Waals surface area contributed by atoms with Crippen molar-refractivity contribution in [3.8, 4) is 0 Å². The van der Waals surface area contributed by atoms with Gasteiger partial charge in [0.25, 0.3) is 0 Å². The lowest BCUT2D eigenvalue weighted by molar-refractivity contribution is 0.108. The van der Waals surface area contributed by atoms with Crippen molar-refractivity contribution in [1.82, 2.24) is 5.32 Å². The molecule has 2 fully saturated rings. The predicted octanol–water partition coefficient (Wildman–Crippen LogP) is 0.314. The first-order valence-electron chi connectivity index (χ1n) is 6.17. The van der Waals surface area contributed by atoms with Gasteiger partial charge in [0.2, 0.25) is 0 Å². The van der Waals surface area contributed by atoms with E-state index in [9.17, 15) is 13.5 Å². The van der Waals surface area contributed by atoms with E-state index in [0.717, 1.165) is 38.6 Å². The fourth-order valence-electron chi connectivity index (χ4n) is 2.64. The maximum Gasteiger partial charge on any atom is 0.151 e. The molecule has 2 aliphatic rings. The van der Waals surface area contributed by atoms with Gasteiger partial charge in [-0.3, -0.25) is 0 Å². The molecule has 0 radical (unpaired) electrons. The molecule has 0 amide bonds. The van der Waals surface area contributed by atoms with E-state index < -0.39 is 9.84 Å². The van der Waals surface area contributed by atoms with Gasteiger partial charge in [-0.2, -0.15) is 0 Å². The number of rotatable bonds is 3. The zero-order valence-electron chi connectivity index (χ0n) is 9.56. The van der Waals surface area contributed by atoms with Crippen molar-refractivity contribution in [2.24, 2.45) is 5.92 Å². The number of aliphatic hydroxyl groups excluding tert-OH is 1. The van der Waals surface area contributed by atoms with Gasteiger partial charge in [-0.25, -0.2) is 8.42 Å². The summed E-state index contributed by atoms with van der Waals surface area (Å²) >= 11 is 0.